The second-order valence-electron chi connectivity index (χ2n) is 13.3. The lowest BCUT2D eigenvalue weighted by Crippen LogP contribution is -2.51. The summed E-state index contributed by atoms with van der Waals surface area (Å²) >= 11 is 0. The molecule has 1 unspecified atom stereocenters. The van der Waals surface area contributed by atoms with Crippen LogP contribution in [0.25, 0.3) is 6.08 Å². The van der Waals surface area contributed by atoms with Crippen LogP contribution in [0.3, 0.4) is 0 Å². The Morgan fingerprint density at radius 3 is 2.34 bits per heavy atom. The Kier molecular flexibility index (Phi) is 9.28. The number of carbonyl (C=O) groups is 2. The Bertz CT molecular complexity index is 1460. The van der Waals surface area contributed by atoms with Crippen molar-refractivity contribution in [3.63, 3.8) is 0 Å². The van der Waals surface area contributed by atoms with Gasteiger partial charge in [-0.25, -0.2) is 4.79 Å². The minimum Gasteiger partial charge on any atom is -0.444 e. The first-order valence-electron chi connectivity index (χ1n) is 15.4. The molecule has 1 heterocycles. The molecule has 5 atom stereocenters. The van der Waals surface area contributed by atoms with Crippen LogP contribution in [-0.2, 0) is 27.1 Å². The molecule has 2 aliphatic rings. The first-order chi connectivity index (χ1) is 20.9. The van der Waals surface area contributed by atoms with Crippen molar-refractivity contribution in [2.75, 3.05) is 0 Å². The number of aliphatic hydroxyl groups excluding tert-OH is 1. The van der Waals surface area contributed by atoms with E-state index in [2.05, 4.69) is 5.32 Å². The molecule has 0 spiro atoms. The molecule has 1 aliphatic heterocycles. The molecular weight excluding hydrogens is 552 g/mol. The van der Waals surface area contributed by atoms with E-state index in [4.69, 9.17) is 9.47 Å². The van der Waals surface area contributed by atoms with Crippen LogP contribution in [0.5, 0.6) is 0 Å². The van der Waals surface area contributed by atoms with Crippen molar-refractivity contribution in [2.45, 2.75) is 89.5 Å². The first-order valence-corrected chi connectivity index (χ1v) is 15.4. The fraction of sp³-hybridized carbons (Fsp3) is 0.405. The van der Waals surface area contributed by atoms with Crippen molar-refractivity contribution in [2.24, 2.45) is 5.92 Å². The average molecular weight is 597 g/mol. The molecule has 2 N–H and O–H groups in total. The molecule has 3 aromatic rings. The SMILES string of the molecule is CC(C)(C)OC(=O)N1[C@@H](Cc2ccccc2)[C@H](CC(/C=C/c2ccccc2)C(=O)N[C@H]2c3ccccc3C[C@H]2O)OC1(C)C. The van der Waals surface area contributed by atoms with Crippen LogP contribution in [0.4, 0.5) is 4.79 Å². The van der Waals surface area contributed by atoms with Gasteiger partial charge in [0.1, 0.15) is 11.3 Å². The number of fused-ring (bicyclic) bond motifs is 1. The zero-order valence-corrected chi connectivity index (χ0v) is 26.3. The fourth-order valence-electron chi connectivity index (χ4n) is 6.34. The van der Waals surface area contributed by atoms with Crippen LogP contribution in [0.2, 0.25) is 0 Å². The summed E-state index contributed by atoms with van der Waals surface area (Å²) in [5.41, 5.74) is 2.37. The molecule has 1 saturated heterocycles. The number of nitrogens with zero attached hydrogens (tertiary/aromatic N) is 1. The standard InChI is InChI=1S/C37H44N2O5/c1-36(2,3)44-35(42)39-30(22-26-16-10-7-11-17-26)32(43-37(39,4)5)24-28(21-20-25-14-8-6-9-15-25)34(41)38-33-29-19-13-12-18-27(29)23-31(33)40/h6-21,28,30-33,40H,22-24H2,1-5H3,(H,38,41)/b21-20+/t28?,30-,31+,32-,33-/m0/s1. The van der Waals surface area contributed by atoms with E-state index in [9.17, 15) is 14.7 Å². The minimum absolute atomic E-state index is 0.200. The summed E-state index contributed by atoms with van der Waals surface area (Å²) < 4.78 is 12.5. The number of benzene rings is 3. The van der Waals surface area contributed by atoms with E-state index in [-0.39, 0.29) is 11.9 Å². The van der Waals surface area contributed by atoms with Gasteiger partial charge in [0.2, 0.25) is 5.91 Å². The first kappa shape index (κ1) is 31.5. The van der Waals surface area contributed by atoms with E-state index >= 15 is 0 Å². The molecule has 0 radical (unpaired) electrons. The van der Waals surface area contributed by atoms with Crippen molar-refractivity contribution < 1.29 is 24.2 Å². The van der Waals surface area contributed by atoms with Crippen LogP contribution in [0.15, 0.2) is 91.0 Å². The van der Waals surface area contributed by atoms with E-state index in [0.29, 0.717) is 19.3 Å². The molecule has 232 valence electrons. The van der Waals surface area contributed by atoms with Gasteiger partial charge in [0.15, 0.2) is 0 Å². The number of aliphatic hydroxyl groups is 1. The van der Waals surface area contributed by atoms with Crippen LogP contribution in [-0.4, -0.2) is 51.6 Å². The van der Waals surface area contributed by atoms with Gasteiger partial charge in [0.25, 0.3) is 0 Å². The Labute approximate surface area is 260 Å². The van der Waals surface area contributed by atoms with Crippen molar-refractivity contribution in [1.82, 2.24) is 10.2 Å². The Balaban J connectivity index is 1.46. The quantitative estimate of drug-likeness (QED) is 0.312. The molecule has 1 fully saturated rings. The van der Waals surface area contributed by atoms with Gasteiger partial charge in [-0.05, 0) is 69.7 Å². The van der Waals surface area contributed by atoms with Crippen molar-refractivity contribution in [1.29, 1.82) is 0 Å². The van der Waals surface area contributed by atoms with Crippen LogP contribution in [0.1, 0.15) is 69.3 Å². The highest BCUT2D eigenvalue weighted by molar-refractivity contribution is 5.82. The van der Waals surface area contributed by atoms with E-state index in [0.717, 1.165) is 22.3 Å². The predicted molar refractivity (Wildman–Crippen MR) is 172 cm³/mol. The topological polar surface area (TPSA) is 88.1 Å². The van der Waals surface area contributed by atoms with Gasteiger partial charge in [-0.3, -0.25) is 9.69 Å². The fourth-order valence-corrected chi connectivity index (χ4v) is 6.34. The highest BCUT2D eigenvalue weighted by Gasteiger charge is 2.51. The molecule has 44 heavy (non-hydrogen) atoms. The van der Waals surface area contributed by atoms with Crippen LogP contribution in [0, 0.1) is 5.92 Å². The second-order valence-corrected chi connectivity index (χ2v) is 13.3. The van der Waals surface area contributed by atoms with E-state index < -0.39 is 41.6 Å². The number of hydrogen-bond acceptors (Lipinski definition) is 5. The molecule has 7 heteroatoms. The maximum Gasteiger partial charge on any atom is 0.412 e. The Morgan fingerprint density at radius 2 is 1.66 bits per heavy atom. The van der Waals surface area contributed by atoms with Crippen LogP contribution < -0.4 is 5.32 Å². The number of rotatable bonds is 8. The van der Waals surface area contributed by atoms with Gasteiger partial charge < -0.3 is 19.9 Å². The maximum absolute atomic E-state index is 14.1. The lowest BCUT2D eigenvalue weighted by Gasteiger charge is -2.35. The van der Waals surface area contributed by atoms with E-state index in [1.807, 2.05) is 132 Å². The number of ether oxygens (including phenoxy) is 2. The molecule has 2 amide bonds. The van der Waals surface area contributed by atoms with Crippen molar-refractivity contribution in [3.8, 4) is 0 Å². The predicted octanol–water partition coefficient (Wildman–Crippen LogP) is 6.46. The smallest absolute Gasteiger partial charge is 0.412 e. The summed E-state index contributed by atoms with van der Waals surface area (Å²) in [5, 5.41) is 14.0. The summed E-state index contributed by atoms with van der Waals surface area (Å²) in [7, 11) is 0. The molecule has 0 saturated carbocycles. The molecular formula is C37H44N2O5. The minimum atomic E-state index is -0.961. The van der Waals surface area contributed by atoms with Gasteiger partial charge in [-0.1, -0.05) is 97.1 Å². The second kappa shape index (κ2) is 13.0. The van der Waals surface area contributed by atoms with Crippen molar-refractivity contribution >= 4 is 18.1 Å². The summed E-state index contributed by atoms with van der Waals surface area (Å²) in [4.78, 5) is 29.4. The van der Waals surface area contributed by atoms with Gasteiger partial charge >= 0.3 is 6.09 Å². The largest absolute Gasteiger partial charge is 0.444 e. The normalized spacial score (nSPS) is 23.4. The third kappa shape index (κ3) is 7.40. The summed E-state index contributed by atoms with van der Waals surface area (Å²) in [6, 6.07) is 26.8. The van der Waals surface area contributed by atoms with E-state index in [1.54, 1.807) is 4.90 Å². The summed E-state index contributed by atoms with van der Waals surface area (Å²) in [5.74, 6) is -0.790. The van der Waals surface area contributed by atoms with E-state index in [1.165, 1.54) is 0 Å². The molecule has 0 aromatic heterocycles. The third-order valence-electron chi connectivity index (χ3n) is 8.30. The zero-order valence-electron chi connectivity index (χ0n) is 26.3. The maximum atomic E-state index is 14.1. The van der Waals surface area contributed by atoms with Gasteiger partial charge in [0, 0.05) is 6.42 Å². The van der Waals surface area contributed by atoms with Crippen molar-refractivity contribution in [3.05, 3.63) is 113 Å². The van der Waals surface area contributed by atoms with Crippen LogP contribution >= 0.6 is 0 Å². The highest BCUT2D eigenvalue weighted by atomic mass is 16.6. The highest BCUT2D eigenvalue weighted by Crippen LogP contribution is 2.39. The Morgan fingerprint density at radius 1 is 1.02 bits per heavy atom. The van der Waals surface area contributed by atoms with Gasteiger partial charge in [0.05, 0.1) is 30.2 Å². The molecule has 5 rings (SSSR count). The van der Waals surface area contributed by atoms with Gasteiger partial charge in [-0.15, -0.1) is 0 Å². The average Bonchev–Trinajstić information content (AvgIpc) is 3.42. The summed E-state index contributed by atoms with van der Waals surface area (Å²) in [6.07, 6.45) is 3.61. The molecule has 0 bridgehead atoms. The molecule has 3 aromatic carbocycles. The van der Waals surface area contributed by atoms with Gasteiger partial charge in [-0.2, -0.15) is 0 Å². The number of hydrogen-bond donors (Lipinski definition) is 2. The molecule has 7 nitrogen and oxygen atoms in total. The third-order valence-corrected chi connectivity index (χ3v) is 8.30. The number of nitrogens with one attached hydrogen (secondary N) is 1. The number of carbonyl (C=O) groups excluding carboxylic acids is 2. The zero-order chi connectivity index (χ0) is 31.5. The lowest BCUT2D eigenvalue weighted by atomic mass is 9.91. The number of amides is 2. The Hall–Kier alpha value is -3.94. The summed E-state index contributed by atoms with van der Waals surface area (Å²) in [6.45, 7) is 9.29. The lowest BCUT2D eigenvalue weighted by molar-refractivity contribution is -0.127. The molecule has 1 aliphatic carbocycles. The monoisotopic (exact) mass is 596 g/mol.